The first-order valence-corrected chi connectivity index (χ1v) is 6.75. The van der Waals surface area contributed by atoms with Gasteiger partial charge in [0.1, 0.15) is 6.04 Å². The maximum Gasteiger partial charge on any atom is 0.326 e. The van der Waals surface area contributed by atoms with Crippen LogP contribution in [0.4, 0.5) is 0 Å². The van der Waals surface area contributed by atoms with Crippen LogP contribution >= 0.6 is 0 Å². The third-order valence-corrected chi connectivity index (χ3v) is 4.01. The van der Waals surface area contributed by atoms with Gasteiger partial charge in [0.05, 0.1) is 30.3 Å². The van der Waals surface area contributed by atoms with E-state index in [1.165, 1.54) is 11.2 Å². The fraction of sp³-hybridized carbons (Fsp3) is 0.615. The van der Waals surface area contributed by atoms with E-state index >= 15 is 0 Å². The smallest absolute Gasteiger partial charge is 0.326 e. The van der Waals surface area contributed by atoms with Crippen molar-refractivity contribution >= 4 is 11.9 Å². The van der Waals surface area contributed by atoms with Crippen LogP contribution in [-0.2, 0) is 22.6 Å². The lowest BCUT2D eigenvalue weighted by Gasteiger charge is -2.35. The number of H-pyrrole nitrogens is 1. The summed E-state index contributed by atoms with van der Waals surface area (Å²) in [4.78, 5) is 32.2. The molecule has 1 aliphatic heterocycles. The molecule has 4 N–H and O–H groups in total. The standard InChI is InChI=1S/C13H20N4O3/c1-3-7(2)11(14)12(18)17-5-9-8(15-6-16-9)4-10(17)13(19)20/h6-7,10-11H,3-5,14H2,1-2H3,(H,15,16)(H,19,20)/t7-,10?,11-/m0/s1. The van der Waals surface area contributed by atoms with E-state index in [4.69, 9.17) is 5.73 Å². The molecule has 0 fully saturated rings. The molecule has 0 spiro atoms. The number of carbonyl (C=O) groups excluding carboxylic acids is 1. The van der Waals surface area contributed by atoms with Crippen LogP contribution in [0, 0.1) is 5.92 Å². The van der Waals surface area contributed by atoms with Crippen LogP contribution in [0.3, 0.4) is 0 Å². The van der Waals surface area contributed by atoms with Gasteiger partial charge in [-0.1, -0.05) is 20.3 Å². The maximum atomic E-state index is 12.4. The summed E-state index contributed by atoms with van der Waals surface area (Å²) in [6.45, 7) is 4.06. The Labute approximate surface area is 117 Å². The summed E-state index contributed by atoms with van der Waals surface area (Å²) >= 11 is 0. The van der Waals surface area contributed by atoms with Gasteiger partial charge in [-0.15, -0.1) is 0 Å². The number of imidazole rings is 1. The highest BCUT2D eigenvalue weighted by molar-refractivity contribution is 5.87. The molecule has 2 heterocycles. The number of hydrogen-bond donors (Lipinski definition) is 3. The van der Waals surface area contributed by atoms with E-state index in [9.17, 15) is 14.7 Å². The summed E-state index contributed by atoms with van der Waals surface area (Å²) in [7, 11) is 0. The van der Waals surface area contributed by atoms with E-state index in [-0.39, 0.29) is 24.8 Å². The van der Waals surface area contributed by atoms with Crippen molar-refractivity contribution in [2.45, 2.75) is 45.3 Å². The fourth-order valence-corrected chi connectivity index (χ4v) is 2.38. The number of carbonyl (C=O) groups is 2. The van der Waals surface area contributed by atoms with E-state index in [1.54, 1.807) is 0 Å². The van der Waals surface area contributed by atoms with E-state index in [2.05, 4.69) is 9.97 Å². The van der Waals surface area contributed by atoms with E-state index in [0.29, 0.717) is 5.69 Å². The fourth-order valence-electron chi connectivity index (χ4n) is 2.38. The molecule has 2 rings (SSSR count). The molecule has 0 saturated carbocycles. The van der Waals surface area contributed by atoms with Gasteiger partial charge in [0.2, 0.25) is 5.91 Å². The molecule has 1 amide bonds. The summed E-state index contributed by atoms with van der Waals surface area (Å²) in [6, 6.07) is -1.57. The van der Waals surface area contributed by atoms with Crippen molar-refractivity contribution in [3.63, 3.8) is 0 Å². The molecule has 1 unspecified atom stereocenters. The second kappa shape index (κ2) is 5.62. The Morgan fingerprint density at radius 2 is 2.35 bits per heavy atom. The van der Waals surface area contributed by atoms with E-state index < -0.39 is 18.1 Å². The van der Waals surface area contributed by atoms with Gasteiger partial charge in [0.25, 0.3) is 0 Å². The Hall–Kier alpha value is -1.89. The molecule has 7 nitrogen and oxygen atoms in total. The van der Waals surface area contributed by atoms with Gasteiger partial charge < -0.3 is 20.7 Å². The van der Waals surface area contributed by atoms with Gasteiger partial charge >= 0.3 is 5.97 Å². The van der Waals surface area contributed by atoms with Crippen molar-refractivity contribution in [1.29, 1.82) is 0 Å². The zero-order valence-electron chi connectivity index (χ0n) is 11.7. The topological polar surface area (TPSA) is 112 Å². The summed E-state index contributed by atoms with van der Waals surface area (Å²) in [5, 5.41) is 9.33. The molecule has 1 aromatic rings. The van der Waals surface area contributed by atoms with Crippen molar-refractivity contribution in [2.75, 3.05) is 0 Å². The van der Waals surface area contributed by atoms with Crippen LogP contribution in [0.1, 0.15) is 31.7 Å². The molecule has 3 atom stereocenters. The minimum absolute atomic E-state index is 0.0140. The highest BCUT2D eigenvalue weighted by Crippen LogP contribution is 2.22. The van der Waals surface area contributed by atoms with Crippen LogP contribution in [0.25, 0.3) is 0 Å². The Kier molecular flexibility index (Phi) is 4.08. The summed E-state index contributed by atoms with van der Waals surface area (Å²) in [5.41, 5.74) is 7.44. The summed E-state index contributed by atoms with van der Waals surface area (Å²) in [5.74, 6) is -1.32. The Morgan fingerprint density at radius 3 is 2.95 bits per heavy atom. The predicted molar refractivity (Wildman–Crippen MR) is 71.7 cm³/mol. The number of aromatic nitrogens is 2. The first-order valence-electron chi connectivity index (χ1n) is 6.75. The van der Waals surface area contributed by atoms with Crippen molar-refractivity contribution < 1.29 is 14.7 Å². The second-order valence-corrected chi connectivity index (χ2v) is 5.26. The molecule has 7 heteroatoms. The van der Waals surface area contributed by atoms with Gasteiger partial charge in [0.15, 0.2) is 0 Å². The third-order valence-electron chi connectivity index (χ3n) is 4.01. The molecular weight excluding hydrogens is 260 g/mol. The number of aliphatic carboxylic acids is 1. The largest absolute Gasteiger partial charge is 0.480 e. The minimum atomic E-state index is -1.02. The maximum absolute atomic E-state index is 12.4. The Morgan fingerprint density at radius 1 is 1.65 bits per heavy atom. The van der Waals surface area contributed by atoms with Crippen LogP contribution in [0.2, 0.25) is 0 Å². The number of nitrogens with two attached hydrogens (primary N) is 1. The van der Waals surface area contributed by atoms with E-state index in [1.807, 2.05) is 13.8 Å². The lowest BCUT2D eigenvalue weighted by molar-refractivity contribution is -0.152. The van der Waals surface area contributed by atoms with Crippen LogP contribution in [0.5, 0.6) is 0 Å². The third kappa shape index (κ3) is 2.53. The average Bonchev–Trinajstić information content (AvgIpc) is 2.90. The zero-order valence-corrected chi connectivity index (χ0v) is 11.7. The monoisotopic (exact) mass is 280 g/mol. The molecule has 110 valence electrons. The number of nitrogens with one attached hydrogen (secondary N) is 1. The number of aromatic amines is 1. The highest BCUT2D eigenvalue weighted by Gasteiger charge is 2.38. The molecule has 1 aromatic heterocycles. The normalized spacial score (nSPS) is 21.1. The SMILES string of the molecule is CC[C@H](C)[C@H](N)C(=O)N1Cc2[nH]cnc2CC1C(=O)O. The summed E-state index contributed by atoms with van der Waals surface area (Å²) in [6.07, 6.45) is 2.51. The molecule has 0 aromatic carbocycles. The van der Waals surface area contributed by atoms with Crippen molar-refractivity contribution in [1.82, 2.24) is 14.9 Å². The number of amides is 1. The number of carboxylic acids is 1. The number of rotatable bonds is 4. The predicted octanol–water partition coefficient (Wildman–Crippen LogP) is 0.121. The number of nitrogens with zero attached hydrogens (tertiary/aromatic N) is 2. The summed E-state index contributed by atoms with van der Waals surface area (Å²) < 4.78 is 0. The lowest BCUT2D eigenvalue weighted by atomic mass is 9.95. The van der Waals surface area contributed by atoms with Crippen molar-refractivity contribution in [3.05, 3.63) is 17.7 Å². The molecule has 1 aliphatic rings. The Bertz CT molecular complexity index is 513. The molecular formula is C13H20N4O3. The molecule has 0 radical (unpaired) electrons. The van der Waals surface area contributed by atoms with Crippen LogP contribution in [-0.4, -0.2) is 43.9 Å². The number of hydrogen-bond acceptors (Lipinski definition) is 4. The number of carboxylic acid groups (broad SMARTS) is 1. The van der Waals surface area contributed by atoms with Gasteiger partial charge in [-0.25, -0.2) is 9.78 Å². The van der Waals surface area contributed by atoms with E-state index in [0.717, 1.165) is 12.1 Å². The van der Waals surface area contributed by atoms with Crippen molar-refractivity contribution in [2.24, 2.45) is 11.7 Å². The van der Waals surface area contributed by atoms with Gasteiger partial charge in [0, 0.05) is 6.42 Å². The second-order valence-electron chi connectivity index (χ2n) is 5.26. The van der Waals surface area contributed by atoms with Crippen LogP contribution < -0.4 is 5.73 Å². The average molecular weight is 280 g/mol. The van der Waals surface area contributed by atoms with Crippen molar-refractivity contribution in [3.8, 4) is 0 Å². The Balaban J connectivity index is 2.24. The van der Waals surface area contributed by atoms with Crippen LogP contribution in [0.15, 0.2) is 6.33 Å². The molecule has 0 bridgehead atoms. The first kappa shape index (κ1) is 14.5. The first-order chi connectivity index (χ1) is 9.45. The lowest BCUT2D eigenvalue weighted by Crippen LogP contribution is -2.55. The van der Waals surface area contributed by atoms with Gasteiger partial charge in [-0.3, -0.25) is 4.79 Å². The molecule has 20 heavy (non-hydrogen) atoms. The van der Waals surface area contributed by atoms with Gasteiger partial charge in [-0.2, -0.15) is 0 Å². The molecule has 0 aliphatic carbocycles. The minimum Gasteiger partial charge on any atom is -0.480 e. The molecule has 0 saturated heterocycles. The number of fused-ring (bicyclic) bond motifs is 1. The zero-order chi connectivity index (χ0) is 14.9. The quantitative estimate of drug-likeness (QED) is 0.725. The highest BCUT2D eigenvalue weighted by atomic mass is 16.4. The van der Waals surface area contributed by atoms with Gasteiger partial charge in [-0.05, 0) is 5.92 Å².